The summed E-state index contributed by atoms with van der Waals surface area (Å²) in [4.78, 5) is 39.1. The van der Waals surface area contributed by atoms with Crippen LogP contribution in [0.15, 0.2) is 29.2 Å². The Kier molecular flexibility index (Phi) is 5.16. The maximum absolute atomic E-state index is 13.8. The number of rotatable bonds is 4. The highest BCUT2D eigenvalue weighted by Crippen LogP contribution is 2.20. The van der Waals surface area contributed by atoms with Gasteiger partial charge in [0.1, 0.15) is 23.8 Å². The summed E-state index contributed by atoms with van der Waals surface area (Å²) in [5.41, 5.74) is 0. The largest absolute Gasteiger partial charge is 0.338 e. The van der Waals surface area contributed by atoms with Crippen LogP contribution >= 0.6 is 0 Å². The van der Waals surface area contributed by atoms with Crippen LogP contribution in [0.2, 0.25) is 0 Å². The van der Waals surface area contributed by atoms with Gasteiger partial charge in [-0.3, -0.25) is 14.5 Å². The van der Waals surface area contributed by atoms with E-state index in [0.717, 1.165) is 15.3 Å². The zero-order valence-corrected chi connectivity index (χ0v) is 15.5. The van der Waals surface area contributed by atoms with Gasteiger partial charge in [-0.05, 0) is 12.1 Å². The quantitative estimate of drug-likeness (QED) is 0.640. The molecule has 2 heterocycles. The first kappa shape index (κ1) is 19.2. The molecule has 11 heteroatoms. The topological polar surface area (TPSA) is 98.3 Å². The Bertz CT molecular complexity index is 883. The van der Waals surface area contributed by atoms with Crippen molar-refractivity contribution in [2.24, 2.45) is 0 Å². The Morgan fingerprint density at radius 3 is 2.30 bits per heavy atom. The van der Waals surface area contributed by atoms with Crippen LogP contribution in [0, 0.1) is 5.82 Å². The van der Waals surface area contributed by atoms with Crippen LogP contribution in [0.5, 0.6) is 0 Å². The molecule has 1 aromatic rings. The van der Waals surface area contributed by atoms with Gasteiger partial charge in [0.05, 0.1) is 0 Å². The molecular formula is C16H19FN4O5S. The normalized spacial score (nSPS) is 19.1. The predicted molar refractivity (Wildman–Crippen MR) is 91.5 cm³/mol. The number of sulfonamides is 1. The van der Waals surface area contributed by atoms with Gasteiger partial charge in [0.25, 0.3) is 5.91 Å². The van der Waals surface area contributed by atoms with Crippen molar-refractivity contribution in [1.29, 1.82) is 0 Å². The minimum Gasteiger partial charge on any atom is -0.338 e. The lowest BCUT2D eigenvalue weighted by Crippen LogP contribution is -2.53. The zero-order valence-electron chi connectivity index (χ0n) is 14.7. The van der Waals surface area contributed by atoms with Crippen LogP contribution in [-0.4, -0.2) is 91.6 Å². The third-order valence-corrected chi connectivity index (χ3v) is 6.50. The van der Waals surface area contributed by atoms with Crippen molar-refractivity contribution >= 4 is 27.9 Å². The predicted octanol–water partition coefficient (Wildman–Crippen LogP) is -0.447. The lowest BCUT2D eigenvalue weighted by atomic mass is 10.3. The molecule has 0 aliphatic carbocycles. The van der Waals surface area contributed by atoms with E-state index in [9.17, 15) is 27.2 Å². The van der Waals surface area contributed by atoms with Crippen LogP contribution < -0.4 is 0 Å². The third-order valence-electron chi connectivity index (χ3n) is 4.57. The number of carbonyl (C=O) groups is 3. The highest BCUT2D eigenvalue weighted by atomic mass is 32.2. The molecule has 0 N–H and O–H groups in total. The first-order valence-corrected chi connectivity index (χ1v) is 9.73. The Hall–Kier alpha value is -2.53. The second kappa shape index (κ2) is 7.24. The first-order chi connectivity index (χ1) is 12.7. The molecular weight excluding hydrogens is 379 g/mol. The third kappa shape index (κ3) is 3.65. The lowest BCUT2D eigenvalue weighted by Gasteiger charge is -2.34. The van der Waals surface area contributed by atoms with Gasteiger partial charge in [-0.2, -0.15) is 4.31 Å². The van der Waals surface area contributed by atoms with Crippen molar-refractivity contribution in [2.45, 2.75) is 4.90 Å². The van der Waals surface area contributed by atoms with E-state index in [2.05, 4.69) is 0 Å². The number of hydrogen-bond acceptors (Lipinski definition) is 5. The van der Waals surface area contributed by atoms with Gasteiger partial charge in [-0.15, -0.1) is 0 Å². The van der Waals surface area contributed by atoms with Crippen LogP contribution in [0.1, 0.15) is 0 Å². The molecule has 9 nitrogen and oxygen atoms in total. The number of amides is 4. The molecule has 2 aliphatic heterocycles. The summed E-state index contributed by atoms with van der Waals surface area (Å²) >= 11 is 0. The van der Waals surface area contributed by atoms with Gasteiger partial charge >= 0.3 is 6.03 Å². The fraction of sp³-hybridized carbons (Fsp3) is 0.438. The number of imide groups is 1. The second-order valence-electron chi connectivity index (χ2n) is 6.33. The highest BCUT2D eigenvalue weighted by Gasteiger charge is 2.37. The van der Waals surface area contributed by atoms with E-state index in [0.29, 0.717) is 0 Å². The number of piperazine rings is 1. The molecule has 0 aromatic heterocycles. The van der Waals surface area contributed by atoms with Crippen LogP contribution in [0.4, 0.5) is 9.18 Å². The van der Waals surface area contributed by atoms with E-state index in [1.54, 1.807) is 0 Å². The number of halogens is 1. The minimum atomic E-state index is -3.99. The summed E-state index contributed by atoms with van der Waals surface area (Å²) < 4.78 is 40.1. The molecule has 1 aromatic carbocycles. The summed E-state index contributed by atoms with van der Waals surface area (Å²) in [5.74, 6) is -1.71. The maximum atomic E-state index is 13.8. The summed E-state index contributed by atoms with van der Waals surface area (Å²) in [6.07, 6.45) is 0. The van der Waals surface area contributed by atoms with Crippen molar-refractivity contribution in [3.8, 4) is 0 Å². The summed E-state index contributed by atoms with van der Waals surface area (Å²) in [6, 6.07) is 4.59. The van der Waals surface area contributed by atoms with E-state index in [4.69, 9.17) is 0 Å². The van der Waals surface area contributed by atoms with Crippen molar-refractivity contribution in [2.75, 3.05) is 46.3 Å². The molecule has 4 amide bonds. The molecule has 146 valence electrons. The molecule has 0 atom stereocenters. The monoisotopic (exact) mass is 398 g/mol. The SMILES string of the molecule is CN1CC(=O)N(CC(=O)N2CCN(S(=O)(=O)c3ccccc3F)CC2)C1=O. The molecule has 0 spiro atoms. The fourth-order valence-electron chi connectivity index (χ4n) is 3.03. The number of benzene rings is 1. The number of likely N-dealkylation sites (N-methyl/N-ethyl adjacent to an activating group) is 1. The highest BCUT2D eigenvalue weighted by molar-refractivity contribution is 7.89. The van der Waals surface area contributed by atoms with E-state index in [-0.39, 0.29) is 39.3 Å². The molecule has 2 saturated heterocycles. The van der Waals surface area contributed by atoms with Crippen molar-refractivity contribution in [3.05, 3.63) is 30.1 Å². The van der Waals surface area contributed by atoms with Crippen molar-refractivity contribution in [1.82, 2.24) is 19.0 Å². The number of hydrogen-bond donors (Lipinski definition) is 0. The first-order valence-electron chi connectivity index (χ1n) is 8.29. The summed E-state index contributed by atoms with van der Waals surface area (Å²) in [6.45, 7) is -0.242. The van der Waals surface area contributed by atoms with E-state index in [1.165, 1.54) is 35.0 Å². The summed E-state index contributed by atoms with van der Waals surface area (Å²) in [7, 11) is -2.52. The average Bonchev–Trinajstić information content (AvgIpc) is 2.88. The maximum Gasteiger partial charge on any atom is 0.327 e. The van der Waals surface area contributed by atoms with E-state index in [1.807, 2.05) is 0 Å². The van der Waals surface area contributed by atoms with Gasteiger partial charge in [-0.1, -0.05) is 12.1 Å². The Morgan fingerprint density at radius 1 is 1.11 bits per heavy atom. The molecule has 0 saturated carbocycles. The number of urea groups is 1. The fourth-order valence-corrected chi connectivity index (χ4v) is 4.52. The smallest absolute Gasteiger partial charge is 0.327 e. The van der Waals surface area contributed by atoms with Gasteiger partial charge in [0, 0.05) is 33.2 Å². The molecule has 0 bridgehead atoms. The molecule has 0 radical (unpaired) electrons. The molecule has 0 unspecified atom stereocenters. The Labute approximate surface area is 156 Å². The minimum absolute atomic E-state index is 0.00417. The van der Waals surface area contributed by atoms with E-state index >= 15 is 0 Å². The average molecular weight is 398 g/mol. The Morgan fingerprint density at radius 2 is 1.74 bits per heavy atom. The molecule has 2 aliphatic rings. The zero-order chi connectivity index (χ0) is 19.8. The second-order valence-corrected chi connectivity index (χ2v) is 8.24. The van der Waals surface area contributed by atoms with Crippen molar-refractivity contribution < 1.29 is 27.2 Å². The van der Waals surface area contributed by atoms with Gasteiger partial charge < -0.3 is 9.80 Å². The van der Waals surface area contributed by atoms with Crippen molar-refractivity contribution in [3.63, 3.8) is 0 Å². The Balaban J connectivity index is 1.62. The van der Waals surface area contributed by atoms with Gasteiger partial charge in [0.2, 0.25) is 15.9 Å². The van der Waals surface area contributed by atoms with Gasteiger partial charge in [-0.25, -0.2) is 17.6 Å². The summed E-state index contributed by atoms with van der Waals surface area (Å²) in [5, 5.41) is 0. The molecule has 2 fully saturated rings. The van der Waals surface area contributed by atoms with Crippen LogP contribution in [0.25, 0.3) is 0 Å². The lowest BCUT2D eigenvalue weighted by molar-refractivity contribution is -0.137. The standard InChI is InChI=1S/C16H19FN4O5S/c1-18-10-15(23)21(16(18)24)11-14(22)19-6-8-20(9-7-19)27(25,26)13-5-3-2-4-12(13)17/h2-5H,6-11H2,1H3. The molecule has 27 heavy (non-hydrogen) atoms. The number of nitrogens with zero attached hydrogens (tertiary/aromatic N) is 4. The van der Waals surface area contributed by atoms with Crippen LogP contribution in [0.3, 0.4) is 0 Å². The molecule has 3 rings (SSSR count). The van der Waals surface area contributed by atoms with Crippen LogP contribution in [-0.2, 0) is 19.6 Å². The number of carbonyl (C=O) groups excluding carboxylic acids is 3. The van der Waals surface area contributed by atoms with E-state index < -0.39 is 38.6 Å². The van der Waals surface area contributed by atoms with Gasteiger partial charge in [0.15, 0.2) is 0 Å².